The minimum absolute atomic E-state index is 0.137. The van der Waals surface area contributed by atoms with Gasteiger partial charge in [-0.25, -0.2) is 14.8 Å². The van der Waals surface area contributed by atoms with E-state index in [1.807, 2.05) is 0 Å². The fraction of sp³-hybridized carbons (Fsp3) is 0.0833. The quantitative estimate of drug-likeness (QED) is 0.648. The molecule has 20 heavy (non-hydrogen) atoms. The van der Waals surface area contributed by atoms with Gasteiger partial charge in [0.1, 0.15) is 17.7 Å². The second kappa shape index (κ2) is 4.92. The Balaban J connectivity index is 1.87. The molecular formula is C12H10N6O2. The van der Waals surface area contributed by atoms with E-state index in [4.69, 9.17) is 5.11 Å². The smallest absolute Gasteiger partial charge is 0.339 e. The second-order valence-corrected chi connectivity index (χ2v) is 4.04. The zero-order valence-corrected chi connectivity index (χ0v) is 10.2. The molecule has 8 nitrogen and oxygen atoms in total. The zero-order valence-electron chi connectivity index (χ0n) is 10.2. The number of rotatable bonds is 4. The van der Waals surface area contributed by atoms with Crippen LogP contribution in [0.3, 0.4) is 0 Å². The molecule has 0 fully saturated rings. The van der Waals surface area contributed by atoms with Gasteiger partial charge in [-0.3, -0.25) is 10.1 Å². The Hall–Kier alpha value is -3.03. The summed E-state index contributed by atoms with van der Waals surface area (Å²) < 4.78 is 0. The van der Waals surface area contributed by atoms with Crippen molar-refractivity contribution in [2.75, 3.05) is 5.32 Å². The van der Waals surface area contributed by atoms with Crippen LogP contribution in [-0.2, 0) is 6.54 Å². The van der Waals surface area contributed by atoms with E-state index in [0.29, 0.717) is 17.0 Å². The van der Waals surface area contributed by atoms with Crippen molar-refractivity contribution in [3.63, 3.8) is 0 Å². The molecule has 0 atom stereocenters. The van der Waals surface area contributed by atoms with Crippen molar-refractivity contribution in [3.05, 3.63) is 42.2 Å². The van der Waals surface area contributed by atoms with Crippen molar-refractivity contribution < 1.29 is 9.90 Å². The number of fused-ring (bicyclic) bond motifs is 1. The predicted octanol–water partition coefficient (Wildman–Crippen LogP) is 1.06. The molecule has 0 radical (unpaired) electrons. The monoisotopic (exact) mass is 270 g/mol. The van der Waals surface area contributed by atoms with E-state index < -0.39 is 5.97 Å². The van der Waals surface area contributed by atoms with Gasteiger partial charge in [0.2, 0.25) is 0 Å². The number of anilines is 1. The maximum Gasteiger partial charge on any atom is 0.339 e. The number of carbonyl (C=O) groups is 1. The van der Waals surface area contributed by atoms with Crippen LogP contribution in [0.5, 0.6) is 0 Å². The highest BCUT2D eigenvalue weighted by atomic mass is 16.4. The SMILES string of the molecule is O=C(O)c1cn[nH]c1CNc1ncnc2cnccc12. The fourth-order valence-electron chi connectivity index (χ4n) is 1.85. The van der Waals surface area contributed by atoms with E-state index in [2.05, 4.69) is 30.5 Å². The highest BCUT2D eigenvalue weighted by Gasteiger charge is 2.12. The van der Waals surface area contributed by atoms with Crippen molar-refractivity contribution in [1.29, 1.82) is 0 Å². The van der Waals surface area contributed by atoms with Gasteiger partial charge in [0, 0.05) is 11.6 Å². The van der Waals surface area contributed by atoms with E-state index in [9.17, 15) is 4.79 Å². The lowest BCUT2D eigenvalue weighted by Crippen LogP contribution is -2.07. The fourth-order valence-corrected chi connectivity index (χ4v) is 1.85. The molecule has 0 saturated carbocycles. The zero-order chi connectivity index (χ0) is 13.9. The third-order valence-electron chi connectivity index (χ3n) is 2.82. The van der Waals surface area contributed by atoms with Crippen LogP contribution < -0.4 is 5.32 Å². The molecule has 3 aromatic rings. The van der Waals surface area contributed by atoms with Gasteiger partial charge in [-0.1, -0.05) is 0 Å². The van der Waals surface area contributed by atoms with E-state index in [-0.39, 0.29) is 12.1 Å². The Bertz CT molecular complexity index is 764. The summed E-state index contributed by atoms with van der Waals surface area (Å²) in [4.78, 5) is 23.2. The van der Waals surface area contributed by atoms with Gasteiger partial charge in [0.25, 0.3) is 0 Å². The first-order valence-electron chi connectivity index (χ1n) is 5.80. The number of nitrogens with zero attached hydrogens (tertiary/aromatic N) is 4. The van der Waals surface area contributed by atoms with Crippen molar-refractivity contribution in [1.82, 2.24) is 25.1 Å². The van der Waals surface area contributed by atoms with E-state index >= 15 is 0 Å². The lowest BCUT2D eigenvalue weighted by molar-refractivity contribution is 0.0696. The molecule has 0 aromatic carbocycles. The molecule has 3 rings (SSSR count). The lowest BCUT2D eigenvalue weighted by Gasteiger charge is -2.07. The Labute approximate surface area is 112 Å². The van der Waals surface area contributed by atoms with Crippen molar-refractivity contribution >= 4 is 22.7 Å². The van der Waals surface area contributed by atoms with Crippen LogP contribution >= 0.6 is 0 Å². The standard InChI is InChI=1S/C12H10N6O2/c19-12(20)8-3-17-18-10(8)5-14-11-7-1-2-13-4-9(7)15-6-16-11/h1-4,6H,5H2,(H,17,18)(H,19,20)(H,14,15,16). The number of H-pyrrole nitrogens is 1. The second-order valence-electron chi connectivity index (χ2n) is 4.04. The van der Waals surface area contributed by atoms with Crippen LogP contribution in [0.1, 0.15) is 16.1 Å². The van der Waals surface area contributed by atoms with Crippen LogP contribution in [0.15, 0.2) is 31.0 Å². The molecule has 3 aromatic heterocycles. The number of pyridine rings is 1. The molecule has 3 heterocycles. The number of carboxylic acids is 1. The molecule has 0 aliphatic carbocycles. The topological polar surface area (TPSA) is 117 Å². The molecule has 100 valence electrons. The Morgan fingerprint density at radius 3 is 3.10 bits per heavy atom. The van der Waals surface area contributed by atoms with Crippen LogP contribution in [0, 0.1) is 0 Å². The highest BCUT2D eigenvalue weighted by Crippen LogP contribution is 2.18. The first-order valence-corrected chi connectivity index (χ1v) is 5.80. The first kappa shape index (κ1) is 12.0. The van der Waals surface area contributed by atoms with Crippen molar-refractivity contribution in [2.24, 2.45) is 0 Å². The molecule has 0 aliphatic heterocycles. The van der Waals surface area contributed by atoms with Crippen LogP contribution in [0.25, 0.3) is 10.9 Å². The molecular weight excluding hydrogens is 260 g/mol. The summed E-state index contributed by atoms with van der Waals surface area (Å²) in [5, 5.41) is 19.3. The molecule has 0 aliphatic rings. The summed E-state index contributed by atoms with van der Waals surface area (Å²) >= 11 is 0. The van der Waals surface area contributed by atoms with Gasteiger partial charge < -0.3 is 10.4 Å². The molecule has 0 bridgehead atoms. The Kier molecular flexibility index (Phi) is 2.96. The van der Waals surface area contributed by atoms with Gasteiger partial charge in [0.05, 0.1) is 30.1 Å². The predicted molar refractivity (Wildman–Crippen MR) is 70.2 cm³/mol. The van der Waals surface area contributed by atoms with Crippen LogP contribution in [0.4, 0.5) is 5.82 Å². The van der Waals surface area contributed by atoms with Gasteiger partial charge in [0.15, 0.2) is 0 Å². The highest BCUT2D eigenvalue weighted by molar-refractivity contribution is 5.89. The normalized spacial score (nSPS) is 10.6. The largest absolute Gasteiger partial charge is 0.478 e. The number of hydrogen-bond donors (Lipinski definition) is 3. The van der Waals surface area contributed by atoms with E-state index in [0.717, 1.165) is 5.39 Å². The van der Waals surface area contributed by atoms with Crippen molar-refractivity contribution in [3.8, 4) is 0 Å². The average Bonchev–Trinajstić information content (AvgIpc) is 2.93. The maximum absolute atomic E-state index is 11.0. The lowest BCUT2D eigenvalue weighted by atomic mass is 10.2. The van der Waals surface area contributed by atoms with Crippen LogP contribution in [0.2, 0.25) is 0 Å². The molecule has 0 saturated heterocycles. The van der Waals surface area contributed by atoms with Gasteiger partial charge in [-0.2, -0.15) is 5.10 Å². The molecule has 0 spiro atoms. The summed E-state index contributed by atoms with van der Waals surface area (Å²) in [5.41, 5.74) is 1.34. The van der Waals surface area contributed by atoms with Gasteiger partial charge in [-0.15, -0.1) is 0 Å². The maximum atomic E-state index is 11.0. The Morgan fingerprint density at radius 1 is 1.35 bits per heavy atom. The van der Waals surface area contributed by atoms with E-state index in [1.54, 1.807) is 18.5 Å². The average molecular weight is 270 g/mol. The summed E-state index contributed by atoms with van der Waals surface area (Å²) in [6.45, 7) is 0.274. The summed E-state index contributed by atoms with van der Waals surface area (Å²) in [5.74, 6) is -0.407. The minimum atomic E-state index is -1.02. The summed E-state index contributed by atoms with van der Waals surface area (Å²) in [6, 6.07) is 1.79. The number of hydrogen-bond acceptors (Lipinski definition) is 6. The third kappa shape index (κ3) is 2.14. The molecule has 3 N–H and O–H groups in total. The van der Waals surface area contributed by atoms with E-state index in [1.165, 1.54) is 12.5 Å². The van der Waals surface area contributed by atoms with Gasteiger partial charge in [-0.05, 0) is 6.07 Å². The van der Waals surface area contributed by atoms with Crippen LogP contribution in [-0.4, -0.2) is 36.2 Å². The minimum Gasteiger partial charge on any atom is -0.478 e. The Morgan fingerprint density at radius 2 is 2.25 bits per heavy atom. The molecule has 0 amide bonds. The number of aromatic amines is 1. The molecule has 0 unspecified atom stereocenters. The van der Waals surface area contributed by atoms with Gasteiger partial charge >= 0.3 is 5.97 Å². The number of aromatic nitrogens is 5. The summed E-state index contributed by atoms with van der Waals surface area (Å²) in [6.07, 6.45) is 6.00. The summed E-state index contributed by atoms with van der Waals surface area (Å²) in [7, 11) is 0. The number of aromatic carboxylic acids is 1. The third-order valence-corrected chi connectivity index (χ3v) is 2.82. The van der Waals surface area contributed by atoms with Crippen molar-refractivity contribution in [2.45, 2.75) is 6.54 Å². The number of carboxylic acid groups (broad SMARTS) is 1. The number of nitrogens with one attached hydrogen (secondary N) is 2. The molecule has 8 heteroatoms. The first-order chi connectivity index (χ1) is 9.75.